The highest BCUT2D eigenvalue weighted by atomic mass is 14.2. The van der Waals surface area contributed by atoms with Gasteiger partial charge in [0.1, 0.15) is 0 Å². The van der Waals surface area contributed by atoms with Crippen molar-refractivity contribution < 1.29 is 0 Å². The second-order valence-corrected chi connectivity index (χ2v) is 8.09. The van der Waals surface area contributed by atoms with Gasteiger partial charge in [0.05, 0.1) is 0 Å². The predicted molar refractivity (Wildman–Crippen MR) is 114 cm³/mol. The van der Waals surface area contributed by atoms with E-state index < -0.39 is 0 Å². The summed E-state index contributed by atoms with van der Waals surface area (Å²) in [5.74, 6) is 2.41. The summed E-state index contributed by atoms with van der Waals surface area (Å²) in [7, 11) is 0. The average Bonchev–Trinajstić information content (AvgIpc) is 2.63. The van der Waals surface area contributed by atoms with Crippen molar-refractivity contribution in [3.05, 3.63) is 41.8 Å². The predicted octanol–water partition coefficient (Wildman–Crippen LogP) is 8.55. The molecule has 0 aliphatic rings. The van der Waals surface area contributed by atoms with E-state index in [1.165, 1.54) is 89.0 Å². The van der Waals surface area contributed by atoms with Crippen LogP contribution in [0.3, 0.4) is 0 Å². The molecule has 0 heterocycles. The Hall–Kier alpha value is -0.780. The summed E-state index contributed by atoms with van der Waals surface area (Å²) in [6.07, 6.45) is 19.8. The molecule has 1 aromatic rings. The molecule has 0 nitrogen and oxygen atoms in total. The van der Waals surface area contributed by atoms with E-state index in [1.807, 2.05) is 0 Å². The van der Waals surface area contributed by atoms with Crippen LogP contribution >= 0.6 is 0 Å². The van der Waals surface area contributed by atoms with Crippen molar-refractivity contribution in [3.63, 3.8) is 0 Å². The fraction of sp³-hybridized carbons (Fsp3) is 0.720. The van der Waals surface area contributed by atoms with E-state index in [1.54, 1.807) is 5.92 Å². The minimum Gasteiger partial charge on any atom is -0.0654 e. The zero-order chi connectivity index (χ0) is 18.2. The standard InChI is InChI=1S/C25H43/c1-4-5-6-7-8-9-10-11-12-13-14-16-19-23(2)24(3)22-25-20-17-15-18-21-25/h15,17-18,20-21,23H,4-14,16,19,22H2,1-3H3. The van der Waals surface area contributed by atoms with Gasteiger partial charge in [-0.25, -0.2) is 0 Å². The molecule has 1 unspecified atom stereocenters. The summed E-state index contributed by atoms with van der Waals surface area (Å²) in [5, 5.41) is 0. The summed E-state index contributed by atoms with van der Waals surface area (Å²) in [6, 6.07) is 10.9. The van der Waals surface area contributed by atoms with E-state index >= 15 is 0 Å². The van der Waals surface area contributed by atoms with E-state index in [2.05, 4.69) is 51.1 Å². The van der Waals surface area contributed by atoms with Gasteiger partial charge in [0.15, 0.2) is 0 Å². The van der Waals surface area contributed by atoms with Crippen molar-refractivity contribution >= 4 is 0 Å². The summed E-state index contributed by atoms with van der Waals surface area (Å²) in [4.78, 5) is 0. The van der Waals surface area contributed by atoms with Crippen LogP contribution in [-0.2, 0) is 6.42 Å². The summed E-state index contributed by atoms with van der Waals surface area (Å²) < 4.78 is 0. The average molecular weight is 344 g/mol. The topological polar surface area (TPSA) is 0 Å². The van der Waals surface area contributed by atoms with Gasteiger partial charge in [-0.05, 0) is 23.8 Å². The lowest BCUT2D eigenvalue weighted by Gasteiger charge is -2.19. The van der Waals surface area contributed by atoms with E-state index in [0.717, 1.165) is 12.3 Å². The molecule has 0 N–H and O–H groups in total. The van der Waals surface area contributed by atoms with Crippen molar-refractivity contribution in [2.24, 2.45) is 5.92 Å². The van der Waals surface area contributed by atoms with Gasteiger partial charge in [0.25, 0.3) is 0 Å². The van der Waals surface area contributed by atoms with Crippen molar-refractivity contribution in [1.29, 1.82) is 0 Å². The molecule has 143 valence electrons. The van der Waals surface area contributed by atoms with Crippen LogP contribution in [0.1, 0.15) is 110 Å². The summed E-state index contributed by atoms with van der Waals surface area (Å²) in [5.41, 5.74) is 1.46. The largest absolute Gasteiger partial charge is 0.0654 e. The molecule has 1 rings (SSSR count). The first-order chi connectivity index (χ1) is 12.2. The number of benzene rings is 1. The maximum absolute atomic E-state index is 2.41. The zero-order valence-corrected chi connectivity index (χ0v) is 17.4. The molecule has 0 fully saturated rings. The highest BCUT2D eigenvalue weighted by molar-refractivity contribution is 5.19. The van der Waals surface area contributed by atoms with Gasteiger partial charge in [-0.15, -0.1) is 0 Å². The van der Waals surface area contributed by atoms with E-state index in [0.29, 0.717) is 0 Å². The Labute approximate surface area is 158 Å². The molecule has 0 aromatic heterocycles. The van der Waals surface area contributed by atoms with Gasteiger partial charge in [0.2, 0.25) is 0 Å². The van der Waals surface area contributed by atoms with Crippen LogP contribution in [0.4, 0.5) is 0 Å². The van der Waals surface area contributed by atoms with Crippen molar-refractivity contribution in [2.75, 3.05) is 0 Å². The maximum Gasteiger partial charge on any atom is -0.0200 e. The van der Waals surface area contributed by atoms with Gasteiger partial charge in [-0.1, -0.05) is 135 Å². The molecular formula is C25H43. The first-order valence-electron chi connectivity index (χ1n) is 11.1. The minimum absolute atomic E-state index is 0.767. The lowest BCUT2D eigenvalue weighted by Crippen LogP contribution is -2.08. The first kappa shape index (κ1) is 22.3. The number of hydrogen-bond donors (Lipinski definition) is 0. The fourth-order valence-corrected chi connectivity index (χ4v) is 3.63. The minimum atomic E-state index is 0.767. The highest BCUT2D eigenvalue weighted by Crippen LogP contribution is 2.24. The smallest absolute Gasteiger partial charge is 0.0200 e. The SMILES string of the molecule is CCCCCCCCCCCCCCC(C)[C](C)Cc1ccccc1. The van der Waals surface area contributed by atoms with E-state index in [4.69, 9.17) is 0 Å². The molecule has 0 saturated heterocycles. The van der Waals surface area contributed by atoms with Crippen LogP contribution in [0, 0.1) is 11.8 Å². The lowest BCUT2D eigenvalue weighted by atomic mass is 9.86. The third kappa shape index (κ3) is 12.2. The quantitative estimate of drug-likeness (QED) is 0.264. The van der Waals surface area contributed by atoms with Crippen LogP contribution in [0.15, 0.2) is 30.3 Å². The van der Waals surface area contributed by atoms with Crippen LogP contribution < -0.4 is 0 Å². The van der Waals surface area contributed by atoms with Crippen LogP contribution in [0.2, 0.25) is 0 Å². The van der Waals surface area contributed by atoms with Crippen molar-refractivity contribution in [2.45, 2.75) is 111 Å². The molecule has 1 atom stereocenters. The summed E-state index contributed by atoms with van der Waals surface area (Å²) >= 11 is 0. The molecule has 0 saturated carbocycles. The molecule has 1 aromatic carbocycles. The van der Waals surface area contributed by atoms with Crippen molar-refractivity contribution in [1.82, 2.24) is 0 Å². The molecular weight excluding hydrogens is 300 g/mol. The zero-order valence-electron chi connectivity index (χ0n) is 17.4. The molecule has 0 spiro atoms. The van der Waals surface area contributed by atoms with E-state index in [-0.39, 0.29) is 0 Å². The number of hydrogen-bond acceptors (Lipinski definition) is 0. The Bertz CT molecular complexity index is 380. The normalized spacial score (nSPS) is 12.6. The molecule has 0 bridgehead atoms. The van der Waals surface area contributed by atoms with Crippen molar-refractivity contribution in [3.8, 4) is 0 Å². The number of rotatable bonds is 16. The molecule has 1 radical (unpaired) electrons. The van der Waals surface area contributed by atoms with Gasteiger partial charge >= 0.3 is 0 Å². The molecule has 0 aliphatic carbocycles. The maximum atomic E-state index is 2.41. The van der Waals surface area contributed by atoms with Gasteiger partial charge in [0, 0.05) is 0 Å². The molecule has 0 heteroatoms. The Morgan fingerprint density at radius 2 is 1.20 bits per heavy atom. The third-order valence-electron chi connectivity index (χ3n) is 5.66. The van der Waals surface area contributed by atoms with Gasteiger partial charge < -0.3 is 0 Å². The van der Waals surface area contributed by atoms with Gasteiger partial charge in [-0.2, -0.15) is 0 Å². The van der Waals surface area contributed by atoms with E-state index in [9.17, 15) is 0 Å². The lowest BCUT2D eigenvalue weighted by molar-refractivity contribution is 0.480. The summed E-state index contributed by atoms with van der Waals surface area (Å²) in [6.45, 7) is 7.05. The Balaban J connectivity index is 1.90. The highest BCUT2D eigenvalue weighted by Gasteiger charge is 2.12. The first-order valence-corrected chi connectivity index (χ1v) is 11.1. The molecule has 25 heavy (non-hydrogen) atoms. The Morgan fingerprint density at radius 3 is 1.72 bits per heavy atom. The Morgan fingerprint density at radius 1 is 0.720 bits per heavy atom. The van der Waals surface area contributed by atoms with Crippen LogP contribution in [0.5, 0.6) is 0 Å². The molecule has 0 aliphatic heterocycles. The second kappa shape index (κ2) is 15.5. The Kier molecular flexibility index (Phi) is 13.8. The second-order valence-electron chi connectivity index (χ2n) is 8.09. The third-order valence-corrected chi connectivity index (χ3v) is 5.66. The number of unbranched alkanes of at least 4 members (excludes halogenated alkanes) is 11. The van der Waals surface area contributed by atoms with Crippen LogP contribution in [0.25, 0.3) is 0 Å². The molecule has 0 amide bonds. The van der Waals surface area contributed by atoms with Crippen LogP contribution in [-0.4, -0.2) is 0 Å². The van der Waals surface area contributed by atoms with Gasteiger partial charge in [-0.3, -0.25) is 0 Å². The fourth-order valence-electron chi connectivity index (χ4n) is 3.63. The monoisotopic (exact) mass is 343 g/mol.